The van der Waals surface area contributed by atoms with Crippen LogP contribution in [0, 0.1) is 12.7 Å². The molecule has 1 fully saturated rings. The van der Waals surface area contributed by atoms with Gasteiger partial charge in [-0.2, -0.15) is 0 Å². The van der Waals surface area contributed by atoms with Gasteiger partial charge in [-0.15, -0.1) is 0 Å². The summed E-state index contributed by atoms with van der Waals surface area (Å²) in [5, 5.41) is 0. The van der Waals surface area contributed by atoms with E-state index in [1.54, 1.807) is 6.92 Å². The zero-order valence-electron chi connectivity index (χ0n) is 8.11. The molecular formula is C11H13BrFN. The Balaban J connectivity index is 2.26. The number of nitrogens with two attached hydrogens (primary N) is 1. The molecule has 0 amide bonds. The van der Waals surface area contributed by atoms with Crippen molar-refractivity contribution in [3.05, 3.63) is 33.5 Å². The smallest absolute Gasteiger partial charge is 0.140 e. The Kier molecular flexibility index (Phi) is 2.40. The van der Waals surface area contributed by atoms with Crippen LogP contribution in [0.4, 0.5) is 4.39 Å². The van der Waals surface area contributed by atoms with Crippen molar-refractivity contribution in [1.82, 2.24) is 0 Å². The summed E-state index contributed by atoms with van der Waals surface area (Å²) < 4.78 is 13.8. The molecule has 3 heteroatoms. The molecule has 76 valence electrons. The van der Waals surface area contributed by atoms with Gasteiger partial charge in [-0.1, -0.05) is 6.07 Å². The molecule has 0 aromatic heterocycles. The Bertz CT molecular complexity index is 349. The third kappa shape index (κ3) is 1.98. The second-order valence-corrected chi connectivity index (χ2v) is 5.10. The van der Waals surface area contributed by atoms with Gasteiger partial charge in [-0.25, -0.2) is 4.39 Å². The molecule has 2 N–H and O–H groups in total. The van der Waals surface area contributed by atoms with E-state index in [0.29, 0.717) is 10.0 Å². The van der Waals surface area contributed by atoms with Gasteiger partial charge in [0, 0.05) is 5.54 Å². The molecule has 1 aromatic rings. The fourth-order valence-corrected chi connectivity index (χ4v) is 2.25. The van der Waals surface area contributed by atoms with Crippen molar-refractivity contribution in [1.29, 1.82) is 0 Å². The molecule has 0 unspecified atom stereocenters. The monoisotopic (exact) mass is 257 g/mol. The maximum absolute atomic E-state index is 13.3. The molecule has 2 rings (SSSR count). The lowest BCUT2D eigenvalue weighted by Crippen LogP contribution is -2.24. The highest BCUT2D eigenvalue weighted by atomic mass is 79.9. The molecule has 1 aromatic carbocycles. The van der Waals surface area contributed by atoms with Crippen LogP contribution in [0.15, 0.2) is 16.6 Å². The minimum absolute atomic E-state index is 0.0102. The van der Waals surface area contributed by atoms with Gasteiger partial charge < -0.3 is 5.73 Å². The van der Waals surface area contributed by atoms with E-state index in [9.17, 15) is 4.39 Å². The Hall–Kier alpha value is -0.410. The van der Waals surface area contributed by atoms with Crippen LogP contribution in [0.3, 0.4) is 0 Å². The molecule has 1 saturated carbocycles. The predicted molar refractivity (Wildman–Crippen MR) is 58.7 cm³/mol. The molecular weight excluding hydrogens is 245 g/mol. The van der Waals surface area contributed by atoms with Crippen molar-refractivity contribution in [2.24, 2.45) is 5.73 Å². The standard InChI is InChI=1S/C11H13BrFN/c1-7-4-8(5-9(12)10(7)13)6-11(14)2-3-11/h4-5H,2-3,6,14H2,1H3. The molecule has 0 radical (unpaired) electrons. The lowest BCUT2D eigenvalue weighted by Gasteiger charge is -2.10. The number of aryl methyl sites for hydroxylation is 1. The first-order valence-corrected chi connectivity index (χ1v) is 5.53. The Labute approximate surface area is 91.6 Å². The van der Waals surface area contributed by atoms with Crippen molar-refractivity contribution in [2.75, 3.05) is 0 Å². The van der Waals surface area contributed by atoms with Crippen molar-refractivity contribution in [3.63, 3.8) is 0 Å². The van der Waals surface area contributed by atoms with E-state index in [0.717, 1.165) is 24.8 Å². The summed E-state index contributed by atoms with van der Waals surface area (Å²) in [5.74, 6) is -0.171. The van der Waals surface area contributed by atoms with E-state index in [1.807, 2.05) is 12.1 Å². The summed E-state index contributed by atoms with van der Waals surface area (Å²) in [5.41, 5.74) is 7.80. The molecule has 1 aliphatic rings. The molecule has 14 heavy (non-hydrogen) atoms. The first kappa shape index (κ1) is 10.1. The quantitative estimate of drug-likeness (QED) is 0.867. The number of rotatable bonds is 2. The van der Waals surface area contributed by atoms with Gasteiger partial charge in [0.2, 0.25) is 0 Å². The average molecular weight is 258 g/mol. The Morgan fingerprint density at radius 2 is 2.14 bits per heavy atom. The lowest BCUT2D eigenvalue weighted by atomic mass is 10.0. The van der Waals surface area contributed by atoms with Gasteiger partial charge in [0.1, 0.15) is 5.82 Å². The van der Waals surface area contributed by atoms with Gasteiger partial charge in [0.25, 0.3) is 0 Å². The van der Waals surface area contributed by atoms with E-state index < -0.39 is 0 Å². The summed E-state index contributed by atoms with van der Waals surface area (Å²) in [6.07, 6.45) is 3.02. The van der Waals surface area contributed by atoms with E-state index in [-0.39, 0.29) is 11.4 Å². The maximum Gasteiger partial charge on any atom is 0.140 e. The Morgan fingerprint density at radius 1 is 1.50 bits per heavy atom. The molecule has 1 nitrogen and oxygen atoms in total. The van der Waals surface area contributed by atoms with E-state index in [1.165, 1.54) is 0 Å². The molecule has 0 atom stereocenters. The van der Waals surface area contributed by atoms with Crippen molar-refractivity contribution < 1.29 is 4.39 Å². The van der Waals surface area contributed by atoms with Gasteiger partial charge >= 0.3 is 0 Å². The molecule has 0 bridgehead atoms. The highest BCUT2D eigenvalue weighted by Crippen LogP contribution is 2.36. The van der Waals surface area contributed by atoms with Crippen LogP contribution >= 0.6 is 15.9 Å². The fourth-order valence-electron chi connectivity index (χ4n) is 1.64. The topological polar surface area (TPSA) is 26.0 Å². The number of benzene rings is 1. The molecule has 1 aliphatic carbocycles. The SMILES string of the molecule is Cc1cc(CC2(N)CC2)cc(Br)c1F. The van der Waals surface area contributed by atoms with E-state index in [2.05, 4.69) is 15.9 Å². The minimum atomic E-state index is -0.171. The Morgan fingerprint density at radius 3 is 2.64 bits per heavy atom. The largest absolute Gasteiger partial charge is 0.325 e. The van der Waals surface area contributed by atoms with Crippen molar-refractivity contribution in [3.8, 4) is 0 Å². The van der Waals surface area contributed by atoms with Crippen LogP contribution in [0.5, 0.6) is 0 Å². The highest BCUT2D eigenvalue weighted by molar-refractivity contribution is 9.10. The normalized spacial score (nSPS) is 18.3. The van der Waals surface area contributed by atoms with E-state index in [4.69, 9.17) is 5.73 Å². The summed E-state index contributed by atoms with van der Waals surface area (Å²) in [4.78, 5) is 0. The van der Waals surface area contributed by atoms with Crippen LogP contribution < -0.4 is 5.73 Å². The molecule has 0 heterocycles. The summed E-state index contributed by atoms with van der Waals surface area (Å²) in [6.45, 7) is 1.78. The predicted octanol–water partition coefficient (Wildman–Crippen LogP) is 2.93. The summed E-state index contributed by atoms with van der Waals surface area (Å²) >= 11 is 3.21. The molecule has 0 saturated heterocycles. The molecule has 0 aliphatic heterocycles. The average Bonchev–Trinajstić information content (AvgIpc) is 2.79. The van der Waals surface area contributed by atoms with Gasteiger partial charge in [-0.3, -0.25) is 0 Å². The van der Waals surface area contributed by atoms with Crippen molar-refractivity contribution >= 4 is 15.9 Å². The fraction of sp³-hybridized carbons (Fsp3) is 0.455. The van der Waals surface area contributed by atoms with Gasteiger partial charge in [0.05, 0.1) is 4.47 Å². The second kappa shape index (κ2) is 3.31. The first-order chi connectivity index (χ1) is 6.50. The number of hydrogen-bond donors (Lipinski definition) is 1. The number of halogens is 2. The second-order valence-electron chi connectivity index (χ2n) is 4.25. The van der Waals surface area contributed by atoms with Gasteiger partial charge in [-0.05, 0) is 59.3 Å². The van der Waals surface area contributed by atoms with Crippen molar-refractivity contribution in [2.45, 2.75) is 31.7 Å². The van der Waals surface area contributed by atoms with Crippen LogP contribution in [0.2, 0.25) is 0 Å². The number of hydrogen-bond acceptors (Lipinski definition) is 1. The van der Waals surface area contributed by atoms with Crippen LogP contribution in [0.1, 0.15) is 24.0 Å². The van der Waals surface area contributed by atoms with Crippen LogP contribution in [-0.4, -0.2) is 5.54 Å². The summed E-state index contributed by atoms with van der Waals surface area (Å²) in [7, 11) is 0. The lowest BCUT2D eigenvalue weighted by molar-refractivity contribution is 0.607. The van der Waals surface area contributed by atoms with Gasteiger partial charge in [0.15, 0.2) is 0 Å². The maximum atomic E-state index is 13.3. The summed E-state index contributed by atoms with van der Waals surface area (Å²) in [6, 6.07) is 3.71. The van der Waals surface area contributed by atoms with Crippen LogP contribution in [0.25, 0.3) is 0 Å². The minimum Gasteiger partial charge on any atom is -0.325 e. The van der Waals surface area contributed by atoms with E-state index >= 15 is 0 Å². The zero-order valence-corrected chi connectivity index (χ0v) is 9.70. The zero-order chi connectivity index (χ0) is 10.3. The third-order valence-corrected chi connectivity index (χ3v) is 3.30. The highest BCUT2D eigenvalue weighted by Gasteiger charge is 2.38. The third-order valence-electron chi connectivity index (χ3n) is 2.72. The van der Waals surface area contributed by atoms with Crippen LogP contribution in [-0.2, 0) is 6.42 Å². The molecule has 0 spiro atoms. The first-order valence-electron chi connectivity index (χ1n) is 4.74.